The van der Waals surface area contributed by atoms with Crippen LogP contribution in [0.3, 0.4) is 0 Å². The van der Waals surface area contributed by atoms with Gasteiger partial charge in [-0.1, -0.05) is 19.9 Å². The summed E-state index contributed by atoms with van der Waals surface area (Å²) in [5.74, 6) is 2.80. The van der Waals surface area contributed by atoms with Gasteiger partial charge in [-0.15, -0.1) is 0 Å². The molecule has 3 heteroatoms. The summed E-state index contributed by atoms with van der Waals surface area (Å²) in [4.78, 5) is 23.4. The number of esters is 1. The van der Waals surface area contributed by atoms with Gasteiger partial charge in [-0.05, 0) is 73.7 Å². The van der Waals surface area contributed by atoms with Crippen LogP contribution in [0.5, 0.6) is 0 Å². The molecule has 132 valence electrons. The van der Waals surface area contributed by atoms with E-state index in [0.29, 0.717) is 23.5 Å². The fraction of sp³-hybridized carbons (Fsp3) is 0.810. The van der Waals surface area contributed by atoms with E-state index in [1.165, 1.54) is 25.7 Å². The Morgan fingerprint density at radius 2 is 1.92 bits per heavy atom. The van der Waals surface area contributed by atoms with E-state index in [2.05, 4.69) is 19.9 Å². The molecule has 24 heavy (non-hydrogen) atoms. The SMILES string of the molecule is CC(=O)O[C@@H]1CC[C@@H]2[C@@H]3CC[C@H]4CC(=O)C=C[C@]4(C)[C@H]3CC[C@@]21C. The number of fused-ring (bicyclic) bond motifs is 5. The van der Waals surface area contributed by atoms with Crippen molar-refractivity contribution in [3.8, 4) is 0 Å². The minimum Gasteiger partial charge on any atom is -0.462 e. The molecule has 0 unspecified atom stereocenters. The van der Waals surface area contributed by atoms with E-state index >= 15 is 0 Å². The topological polar surface area (TPSA) is 43.4 Å². The normalized spacial score (nSPS) is 50.0. The monoisotopic (exact) mass is 330 g/mol. The van der Waals surface area contributed by atoms with Gasteiger partial charge in [0.25, 0.3) is 0 Å². The van der Waals surface area contributed by atoms with Crippen molar-refractivity contribution >= 4 is 11.8 Å². The molecular weight excluding hydrogens is 300 g/mol. The van der Waals surface area contributed by atoms with E-state index in [9.17, 15) is 9.59 Å². The van der Waals surface area contributed by atoms with Gasteiger partial charge in [-0.25, -0.2) is 0 Å². The Balaban J connectivity index is 1.62. The minimum absolute atomic E-state index is 0.106. The number of carbonyl (C=O) groups is 2. The molecule has 0 saturated heterocycles. The van der Waals surface area contributed by atoms with E-state index in [4.69, 9.17) is 4.74 Å². The lowest BCUT2D eigenvalue weighted by atomic mass is 9.46. The Hall–Kier alpha value is -1.12. The summed E-state index contributed by atoms with van der Waals surface area (Å²) in [5, 5.41) is 0. The Labute approximate surface area is 145 Å². The van der Waals surface area contributed by atoms with Crippen molar-refractivity contribution in [1.29, 1.82) is 0 Å². The first-order valence-corrected chi connectivity index (χ1v) is 9.74. The molecule has 0 radical (unpaired) electrons. The van der Waals surface area contributed by atoms with Gasteiger partial charge in [0.15, 0.2) is 5.78 Å². The van der Waals surface area contributed by atoms with Crippen molar-refractivity contribution < 1.29 is 14.3 Å². The summed E-state index contributed by atoms with van der Waals surface area (Å²) in [6.45, 7) is 6.31. The first-order chi connectivity index (χ1) is 11.3. The highest BCUT2D eigenvalue weighted by molar-refractivity contribution is 5.91. The summed E-state index contributed by atoms with van der Waals surface area (Å²) in [6.07, 6.45) is 12.0. The molecule has 4 aliphatic rings. The second-order valence-electron chi connectivity index (χ2n) is 9.24. The van der Waals surface area contributed by atoms with Crippen molar-refractivity contribution in [1.82, 2.24) is 0 Å². The van der Waals surface area contributed by atoms with Gasteiger partial charge in [-0.3, -0.25) is 9.59 Å². The molecule has 0 aromatic carbocycles. The summed E-state index contributed by atoms with van der Waals surface area (Å²) >= 11 is 0. The second-order valence-corrected chi connectivity index (χ2v) is 9.24. The maximum atomic E-state index is 11.9. The Morgan fingerprint density at radius 1 is 1.12 bits per heavy atom. The second kappa shape index (κ2) is 5.44. The maximum absolute atomic E-state index is 11.9. The van der Waals surface area contributed by atoms with Crippen LogP contribution in [0.4, 0.5) is 0 Å². The molecule has 4 aliphatic carbocycles. The van der Waals surface area contributed by atoms with E-state index in [0.717, 1.165) is 25.2 Å². The first-order valence-electron chi connectivity index (χ1n) is 9.74. The summed E-state index contributed by atoms with van der Waals surface area (Å²) in [6, 6.07) is 0. The fourth-order valence-electron chi connectivity index (χ4n) is 6.98. The lowest BCUT2D eigenvalue weighted by Gasteiger charge is -2.58. The molecule has 0 N–H and O–H groups in total. The molecule has 7 atom stereocenters. The van der Waals surface area contributed by atoms with Crippen LogP contribution >= 0.6 is 0 Å². The zero-order chi connectivity index (χ0) is 17.1. The number of hydrogen-bond acceptors (Lipinski definition) is 3. The highest BCUT2D eigenvalue weighted by Crippen LogP contribution is 2.65. The zero-order valence-electron chi connectivity index (χ0n) is 15.2. The molecule has 3 saturated carbocycles. The van der Waals surface area contributed by atoms with Crippen LogP contribution in [0.15, 0.2) is 12.2 Å². The van der Waals surface area contributed by atoms with E-state index < -0.39 is 0 Å². The quantitative estimate of drug-likeness (QED) is 0.673. The molecule has 0 spiro atoms. The van der Waals surface area contributed by atoms with Crippen LogP contribution in [0, 0.1) is 34.5 Å². The average molecular weight is 330 g/mol. The van der Waals surface area contributed by atoms with Gasteiger partial charge in [0, 0.05) is 18.8 Å². The van der Waals surface area contributed by atoms with Crippen molar-refractivity contribution in [3.63, 3.8) is 0 Å². The van der Waals surface area contributed by atoms with Gasteiger partial charge in [0.05, 0.1) is 0 Å². The van der Waals surface area contributed by atoms with Crippen molar-refractivity contribution in [2.75, 3.05) is 0 Å². The molecule has 3 fully saturated rings. The molecule has 0 aromatic heterocycles. The van der Waals surface area contributed by atoms with Crippen LogP contribution in [-0.2, 0) is 14.3 Å². The van der Waals surface area contributed by atoms with Gasteiger partial charge in [0.2, 0.25) is 0 Å². The number of rotatable bonds is 1. The van der Waals surface area contributed by atoms with Gasteiger partial charge >= 0.3 is 5.97 Å². The number of ether oxygens (including phenoxy) is 1. The smallest absolute Gasteiger partial charge is 0.302 e. The fourth-order valence-corrected chi connectivity index (χ4v) is 6.98. The summed E-state index contributed by atoms with van der Waals surface area (Å²) in [5.41, 5.74) is 0.349. The molecule has 0 bridgehead atoms. The first kappa shape index (κ1) is 16.4. The van der Waals surface area contributed by atoms with Crippen molar-refractivity contribution in [2.24, 2.45) is 34.5 Å². The molecule has 3 nitrogen and oxygen atoms in total. The number of ketones is 1. The van der Waals surface area contributed by atoms with Gasteiger partial charge < -0.3 is 4.74 Å². The molecule has 0 amide bonds. The third kappa shape index (κ3) is 2.23. The number of hydrogen-bond donors (Lipinski definition) is 0. The van der Waals surface area contributed by atoms with Crippen LogP contribution in [0.25, 0.3) is 0 Å². The maximum Gasteiger partial charge on any atom is 0.302 e. The van der Waals surface area contributed by atoms with Crippen LogP contribution in [0.2, 0.25) is 0 Å². The Bertz CT molecular complexity index is 594. The largest absolute Gasteiger partial charge is 0.462 e. The number of carbonyl (C=O) groups excluding carboxylic acids is 2. The van der Waals surface area contributed by atoms with Crippen LogP contribution < -0.4 is 0 Å². The lowest BCUT2D eigenvalue weighted by Crippen LogP contribution is -2.53. The molecule has 4 rings (SSSR count). The van der Waals surface area contributed by atoms with Crippen LogP contribution in [0.1, 0.15) is 65.7 Å². The molecule has 0 aromatic rings. The van der Waals surface area contributed by atoms with Crippen molar-refractivity contribution in [3.05, 3.63) is 12.2 Å². The highest BCUT2D eigenvalue weighted by Gasteiger charge is 2.60. The summed E-state index contributed by atoms with van der Waals surface area (Å²) in [7, 11) is 0. The van der Waals surface area contributed by atoms with E-state index in [-0.39, 0.29) is 22.9 Å². The third-order valence-electron chi connectivity index (χ3n) is 8.26. The molecule has 0 heterocycles. The lowest BCUT2D eigenvalue weighted by molar-refractivity contribution is -0.158. The average Bonchev–Trinajstić information content (AvgIpc) is 2.84. The standard InChI is InChI=1S/C21H30O3/c1-13(22)24-19-7-6-17-16-5-4-14-12-15(23)8-10-20(14,2)18(16)9-11-21(17,19)3/h8,10,14,16-19H,4-7,9,11-12H2,1-3H3/t14-,16-,17+,18-,19+,20-,21-/m0/s1. The van der Waals surface area contributed by atoms with Gasteiger partial charge in [-0.2, -0.15) is 0 Å². The zero-order valence-corrected chi connectivity index (χ0v) is 15.2. The van der Waals surface area contributed by atoms with Crippen LogP contribution in [-0.4, -0.2) is 17.9 Å². The number of allylic oxidation sites excluding steroid dienone is 2. The van der Waals surface area contributed by atoms with E-state index in [1.54, 1.807) is 6.92 Å². The Kier molecular flexibility index (Phi) is 3.71. The van der Waals surface area contributed by atoms with Gasteiger partial charge in [0.1, 0.15) is 6.10 Å². The predicted molar refractivity (Wildman–Crippen MR) is 92.2 cm³/mol. The van der Waals surface area contributed by atoms with Crippen molar-refractivity contribution in [2.45, 2.75) is 71.8 Å². The molecule has 0 aliphatic heterocycles. The third-order valence-corrected chi connectivity index (χ3v) is 8.26. The van der Waals surface area contributed by atoms with E-state index in [1.807, 2.05) is 6.08 Å². The highest BCUT2D eigenvalue weighted by atomic mass is 16.5. The molecular formula is C21H30O3. The summed E-state index contributed by atoms with van der Waals surface area (Å²) < 4.78 is 5.71. The predicted octanol–water partition coefficient (Wildman–Crippen LogP) is 4.31. The Morgan fingerprint density at radius 3 is 2.67 bits per heavy atom. The minimum atomic E-state index is -0.131.